The van der Waals surface area contributed by atoms with Gasteiger partial charge in [0.1, 0.15) is 10.6 Å². The maximum atomic E-state index is 12.7. The van der Waals surface area contributed by atoms with Crippen LogP contribution in [-0.2, 0) is 0 Å². The summed E-state index contributed by atoms with van der Waals surface area (Å²) >= 11 is 1.12. The van der Waals surface area contributed by atoms with Gasteiger partial charge in [0, 0.05) is 22.2 Å². The maximum absolute atomic E-state index is 12.7. The summed E-state index contributed by atoms with van der Waals surface area (Å²) in [7, 11) is 1.42. The summed E-state index contributed by atoms with van der Waals surface area (Å²) in [6.07, 6.45) is -2.63. The highest BCUT2D eigenvalue weighted by atomic mass is 32.1. The second kappa shape index (κ2) is 9.79. The lowest BCUT2D eigenvalue weighted by Gasteiger charge is -2.09. The first-order valence-corrected chi connectivity index (χ1v) is 11.0. The SMILES string of the molecule is COc1c(-c2ccc(NC(=O)c3ccc4ccccc4c3)cc2)csc1C(=O)NCC(F)F. The van der Waals surface area contributed by atoms with Crippen LogP contribution >= 0.6 is 11.3 Å². The van der Waals surface area contributed by atoms with Crippen molar-refractivity contribution in [3.8, 4) is 16.9 Å². The summed E-state index contributed by atoms with van der Waals surface area (Å²) < 4.78 is 30.2. The third-order valence-corrected chi connectivity index (χ3v) is 6.00. The van der Waals surface area contributed by atoms with Crippen molar-refractivity contribution in [3.05, 3.63) is 82.6 Å². The molecule has 0 saturated heterocycles. The first-order valence-electron chi connectivity index (χ1n) is 10.1. The first kappa shape index (κ1) is 22.4. The molecule has 4 rings (SSSR count). The zero-order valence-corrected chi connectivity index (χ0v) is 18.4. The minimum absolute atomic E-state index is 0.223. The number of rotatable bonds is 7. The number of hydrogen-bond acceptors (Lipinski definition) is 4. The van der Waals surface area contributed by atoms with E-state index in [0.717, 1.165) is 27.7 Å². The number of methoxy groups -OCH3 is 1. The van der Waals surface area contributed by atoms with E-state index >= 15 is 0 Å². The molecule has 0 spiro atoms. The van der Waals surface area contributed by atoms with Crippen LogP contribution in [0.2, 0.25) is 0 Å². The topological polar surface area (TPSA) is 67.4 Å². The smallest absolute Gasteiger partial charge is 0.265 e. The van der Waals surface area contributed by atoms with Gasteiger partial charge in [-0.1, -0.05) is 42.5 Å². The average Bonchev–Trinajstić information content (AvgIpc) is 3.27. The van der Waals surface area contributed by atoms with Crippen LogP contribution in [0, 0.1) is 0 Å². The Kier molecular flexibility index (Phi) is 6.65. The fourth-order valence-electron chi connectivity index (χ4n) is 3.42. The third-order valence-electron chi connectivity index (χ3n) is 5.04. The molecule has 0 saturated carbocycles. The number of anilines is 1. The molecule has 0 unspecified atom stereocenters. The van der Waals surface area contributed by atoms with Gasteiger partial charge < -0.3 is 15.4 Å². The molecule has 1 aromatic heterocycles. The Morgan fingerprint density at radius 3 is 2.39 bits per heavy atom. The molecule has 168 valence electrons. The van der Waals surface area contributed by atoms with Crippen LogP contribution in [0.3, 0.4) is 0 Å². The highest BCUT2D eigenvalue weighted by Crippen LogP contribution is 2.38. The zero-order valence-electron chi connectivity index (χ0n) is 17.6. The Hall–Kier alpha value is -3.78. The van der Waals surface area contributed by atoms with Crippen molar-refractivity contribution in [2.75, 3.05) is 19.0 Å². The molecule has 4 aromatic rings. The average molecular weight is 467 g/mol. The van der Waals surface area contributed by atoms with Gasteiger partial charge in [-0.2, -0.15) is 0 Å². The van der Waals surface area contributed by atoms with Gasteiger partial charge in [-0.15, -0.1) is 11.3 Å². The Bertz CT molecular complexity index is 1300. The Balaban J connectivity index is 1.50. The highest BCUT2D eigenvalue weighted by Gasteiger charge is 2.20. The van der Waals surface area contributed by atoms with E-state index in [4.69, 9.17) is 4.74 Å². The molecule has 5 nitrogen and oxygen atoms in total. The van der Waals surface area contributed by atoms with Gasteiger partial charge in [-0.3, -0.25) is 9.59 Å². The molecule has 0 radical (unpaired) electrons. The fraction of sp³-hybridized carbons (Fsp3) is 0.120. The molecule has 0 aliphatic carbocycles. The predicted octanol–water partition coefficient (Wildman–Crippen LogP) is 5.82. The van der Waals surface area contributed by atoms with E-state index in [1.54, 1.807) is 35.7 Å². The quantitative estimate of drug-likeness (QED) is 0.360. The van der Waals surface area contributed by atoms with Crippen molar-refractivity contribution in [3.63, 3.8) is 0 Å². The molecule has 8 heteroatoms. The summed E-state index contributed by atoms with van der Waals surface area (Å²) in [6, 6.07) is 20.4. The van der Waals surface area contributed by atoms with Crippen molar-refractivity contribution >= 4 is 39.6 Å². The molecule has 3 aromatic carbocycles. The monoisotopic (exact) mass is 466 g/mol. The second-order valence-electron chi connectivity index (χ2n) is 7.21. The molecular weight excluding hydrogens is 446 g/mol. The summed E-state index contributed by atoms with van der Waals surface area (Å²) in [5, 5.41) is 8.85. The Labute approximate surface area is 193 Å². The summed E-state index contributed by atoms with van der Waals surface area (Å²) in [4.78, 5) is 25.1. The molecule has 0 bridgehead atoms. The number of benzene rings is 3. The minimum atomic E-state index is -2.63. The molecule has 2 amide bonds. The number of alkyl halides is 2. The molecule has 0 aliphatic rings. The Morgan fingerprint density at radius 1 is 0.970 bits per heavy atom. The van der Waals surface area contributed by atoms with Crippen LogP contribution in [0.25, 0.3) is 21.9 Å². The second-order valence-corrected chi connectivity index (χ2v) is 8.09. The molecule has 0 aliphatic heterocycles. The largest absolute Gasteiger partial charge is 0.494 e. The van der Waals surface area contributed by atoms with Gasteiger partial charge in [0.25, 0.3) is 18.2 Å². The van der Waals surface area contributed by atoms with Crippen molar-refractivity contribution in [1.82, 2.24) is 5.32 Å². The number of nitrogens with one attached hydrogen (secondary N) is 2. The number of hydrogen-bond donors (Lipinski definition) is 2. The van der Waals surface area contributed by atoms with Crippen LogP contribution in [-0.4, -0.2) is 31.9 Å². The van der Waals surface area contributed by atoms with E-state index in [1.807, 2.05) is 36.4 Å². The molecule has 1 heterocycles. The zero-order chi connectivity index (χ0) is 23.4. The number of ether oxygens (including phenoxy) is 1. The summed E-state index contributed by atoms with van der Waals surface area (Å²) in [6.45, 7) is -0.721. The third kappa shape index (κ3) is 5.01. The Morgan fingerprint density at radius 2 is 1.70 bits per heavy atom. The number of carbonyl (C=O) groups excluding carboxylic acids is 2. The predicted molar refractivity (Wildman–Crippen MR) is 127 cm³/mol. The van der Waals surface area contributed by atoms with Crippen LogP contribution in [0.4, 0.5) is 14.5 Å². The molecule has 33 heavy (non-hydrogen) atoms. The van der Waals surface area contributed by atoms with Crippen LogP contribution < -0.4 is 15.4 Å². The normalized spacial score (nSPS) is 10.9. The maximum Gasteiger partial charge on any atom is 0.265 e. The van der Waals surface area contributed by atoms with Gasteiger partial charge in [-0.05, 0) is 40.6 Å². The number of thiophene rings is 1. The van der Waals surface area contributed by atoms with Gasteiger partial charge in [-0.25, -0.2) is 8.78 Å². The molecule has 0 atom stereocenters. The van der Waals surface area contributed by atoms with E-state index in [-0.39, 0.29) is 10.8 Å². The number of halogens is 2. The van der Waals surface area contributed by atoms with E-state index < -0.39 is 18.9 Å². The summed E-state index contributed by atoms with van der Waals surface area (Å²) in [5.41, 5.74) is 2.59. The molecular formula is C25H20F2N2O3S. The van der Waals surface area contributed by atoms with Crippen LogP contribution in [0.5, 0.6) is 5.75 Å². The van der Waals surface area contributed by atoms with Gasteiger partial charge in [0.2, 0.25) is 0 Å². The van der Waals surface area contributed by atoms with Crippen molar-refractivity contribution in [2.45, 2.75) is 6.43 Å². The molecule has 0 fully saturated rings. The highest BCUT2D eigenvalue weighted by molar-refractivity contribution is 7.13. The fourth-order valence-corrected chi connectivity index (χ4v) is 4.38. The van der Waals surface area contributed by atoms with Crippen molar-refractivity contribution < 1.29 is 23.1 Å². The van der Waals surface area contributed by atoms with Crippen molar-refractivity contribution in [2.24, 2.45) is 0 Å². The van der Waals surface area contributed by atoms with Crippen molar-refractivity contribution in [1.29, 1.82) is 0 Å². The van der Waals surface area contributed by atoms with Gasteiger partial charge in [0.05, 0.1) is 13.7 Å². The number of amides is 2. The molecule has 2 N–H and O–H groups in total. The van der Waals surface area contributed by atoms with E-state index in [9.17, 15) is 18.4 Å². The van der Waals surface area contributed by atoms with Gasteiger partial charge >= 0.3 is 0 Å². The summed E-state index contributed by atoms with van der Waals surface area (Å²) in [5.74, 6) is -0.512. The van der Waals surface area contributed by atoms with E-state index in [0.29, 0.717) is 22.6 Å². The minimum Gasteiger partial charge on any atom is -0.494 e. The van der Waals surface area contributed by atoms with Crippen LogP contribution in [0.1, 0.15) is 20.0 Å². The first-order chi connectivity index (χ1) is 16.0. The van der Waals surface area contributed by atoms with Gasteiger partial charge in [0.15, 0.2) is 0 Å². The lowest BCUT2D eigenvalue weighted by Crippen LogP contribution is -2.28. The number of fused-ring (bicyclic) bond motifs is 1. The number of carbonyl (C=O) groups is 2. The van der Waals surface area contributed by atoms with E-state index in [1.165, 1.54) is 7.11 Å². The lowest BCUT2D eigenvalue weighted by atomic mass is 10.1. The lowest BCUT2D eigenvalue weighted by molar-refractivity contribution is 0.0893. The van der Waals surface area contributed by atoms with Crippen LogP contribution in [0.15, 0.2) is 72.1 Å². The standard InChI is InChI=1S/C25H20F2N2O3S/c1-32-22-20(14-33-23(22)25(31)28-13-21(26)27)16-8-10-19(11-9-16)29-24(30)18-7-6-15-4-2-3-5-17(15)12-18/h2-12,14,21H,13H2,1H3,(H,28,31)(H,29,30). The van der Waals surface area contributed by atoms with E-state index in [2.05, 4.69) is 10.6 Å².